The Hall–Kier alpha value is -2.46. The minimum atomic E-state index is -0.0777. The van der Waals surface area contributed by atoms with Crippen LogP contribution in [0.3, 0.4) is 0 Å². The highest BCUT2D eigenvalue weighted by molar-refractivity contribution is 6.02. The number of aromatic nitrogens is 3. The quantitative estimate of drug-likeness (QED) is 0.777. The molecule has 0 radical (unpaired) electrons. The van der Waals surface area contributed by atoms with Gasteiger partial charge in [0.1, 0.15) is 18.3 Å². The summed E-state index contributed by atoms with van der Waals surface area (Å²) in [6, 6.07) is 0.338. The van der Waals surface area contributed by atoms with Gasteiger partial charge in [-0.15, -0.1) is 0 Å². The Kier molecular flexibility index (Phi) is 4.75. The number of amidine groups is 1. The number of rotatable bonds is 4. The number of aliphatic imine (C=N–C) groups is 1. The van der Waals surface area contributed by atoms with E-state index in [1.807, 2.05) is 13.1 Å². The first-order valence-electron chi connectivity index (χ1n) is 10.4. The Morgan fingerprint density at radius 3 is 2.86 bits per heavy atom. The number of aryl methyl sites for hydroxylation is 1. The first-order chi connectivity index (χ1) is 14.1. The van der Waals surface area contributed by atoms with Gasteiger partial charge in [0.25, 0.3) is 0 Å². The number of fused-ring (bicyclic) bond motifs is 1. The standard InChI is InChI=1S/C19H28N8O2/c1-12-7-25(9-16-20-13(2)23-24-16)8-15(12)18-21-17-10-26(11-27(17)19(28)22-18)14-3-5-29-6-4-14/h10,12,14-15H,3-9,11H2,1-2H3,(H,20,23,24)(H,21,22,28). The number of urea groups is 1. The summed E-state index contributed by atoms with van der Waals surface area (Å²) in [5, 5.41) is 10.2. The molecular weight excluding hydrogens is 372 g/mol. The lowest BCUT2D eigenvalue weighted by Gasteiger charge is -2.32. The second kappa shape index (κ2) is 7.42. The van der Waals surface area contributed by atoms with Crippen LogP contribution in [0.2, 0.25) is 0 Å². The highest BCUT2D eigenvalue weighted by atomic mass is 16.5. The maximum atomic E-state index is 12.8. The number of aromatic amines is 1. The van der Waals surface area contributed by atoms with Crippen molar-refractivity contribution in [1.82, 2.24) is 35.2 Å². The molecule has 0 aromatic carbocycles. The van der Waals surface area contributed by atoms with E-state index in [0.29, 0.717) is 25.2 Å². The number of H-pyrrole nitrogens is 1. The molecule has 10 heteroatoms. The minimum absolute atomic E-state index is 0.0777. The van der Waals surface area contributed by atoms with Gasteiger partial charge in [0.15, 0.2) is 11.6 Å². The molecule has 0 saturated carbocycles. The number of ether oxygens (including phenoxy) is 1. The zero-order valence-electron chi connectivity index (χ0n) is 17.0. The van der Waals surface area contributed by atoms with Crippen molar-refractivity contribution in [2.24, 2.45) is 16.8 Å². The van der Waals surface area contributed by atoms with Crippen molar-refractivity contribution in [3.05, 3.63) is 23.7 Å². The van der Waals surface area contributed by atoms with E-state index in [0.717, 1.165) is 62.5 Å². The van der Waals surface area contributed by atoms with Crippen molar-refractivity contribution >= 4 is 11.9 Å². The summed E-state index contributed by atoms with van der Waals surface area (Å²) in [6.07, 6.45) is 4.03. The summed E-state index contributed by atoms with van der Waals surface area (Å²) in [5.74, 6) is 3.77. The summed E-state index contributed by atoms with van der Waals surface area (Å²) in [4.78, 5) is 28.3. The van der Waals surface area contributed by atoms with Gasteiger partial charge in [-0.05, 0) is 25.7 Å². The number of carbonyl (C=O) groups excluding carboxylic acids is 1. The molecule has 5 rings (SSSR count). The van der Waals surface area contributed by atoms with E-state index >= 15 is 0 Å². The van der Waals surface area contributed by atoms with Crippen LogP contribution in [-0.4, -0.2) is 80.8 Å². The fourth-order valence-electron chi connectivity index (χ4n) is 4.71. The number of hydrogen-bond donors (Lipinski definition) is 2. The summed E-state index contributed by atoms with van der Waals surface area (Å²) in [5.41, 5.74) is 0. The van der Waals surface area contributed by atoms with Gasteiger partial charge in [-0.25, -0.2) is 14.8 Å². The van der Waals surface area contributed by atoms with Gasteiger partial charge in [-0.2, -0.15) is 5.10 Å². The molecule has 10 nitrogen and oxygen atoms in total. The third kappa shape index (κ3) is 3.62. The van der Waals surface area contributed by atoms with Gasteiger partial charge in [0, 0.05) is 44.5 Å². The maximum absolute atomic E-state index is 12.8. The molecule has 4 aliphatic heterocycles. The van der Waals surface area contributed by atoms with Crippen LogP contribution in [0.25, 0.3) is 0 Å². The third-order valence-corrected chi connectivity index (χ3v) is 6.29. The molecule has 5 heterocycles. The van der Waals surface area contributed by atoms with Crippen LogP contribution >= 0.6 is 0 Å². The van der Waals surface area contributed by atoms with E-state index in [9.17, 15) is 4.79 Å². The Labute approximate surface area is 170 Å². The molecule has 2 amide bonds. The molecule has 156 valence electrons. The van der Waals surface area contributed by atoms with Crippen molar-refractivity contribution in [3.8, 4) is 0 Å². The number of likely N-dealkylation sites (tertiary alicyclic amines) is 1. The second-order valence-electron chi connectivity index (χ2n) is 8.46. The largest absolute Gasteiger partial charge is 0.381 e. The van der Waals surface area contributed by atoms with Crippen LogP contribution in [-0.2, 0) is 11.3 Å². The van der Waals surface area contributed by atoms with Crippen molar-refractivity contribution < 1.29 is 9.53 Å². The lowest BCUT2D eigenvalue weighted by atomic mass is 9.96. The van der Waals surface area contributed by atoms with Gasteiger partial charge in [0.05, 0.1) is 6.54 Å². The van der Waals surface area contributed by atoms with Gasteiger partial charge >= 0.3 is 6.03 Å². The van der Waals surface area contributed by atoms with Crippen LogP contribution < -0.4 is 5.32 Å². The molecule has 2 fully saturated rings. The summed E-state index contributed by atoms with van der Waals surface area (Å²) < 4.78 is 5.47. The summed E-state index contributed by atoms with van der Waals surface area (Å²) >= 11 is 0. The number of nitrogens with one attached hydrogen (secondary N) is 2. The topological polar surface area (TPSA) is 102 Å². The van der Waals surface area contributed by atoms with Crippen LogP contribution in [0.5, 0.6) is 0 Å². The fourth-order valence-corrected chi connectivity index (χ4v) is 4.71. The number of carbonyl (C=O) groups is 1. The summed E-state index contributed by atoms with van der Waals surface area (Å²) in [6.45, 7) is 8.73. The maximum Gasteiger partial charge on any atom is 0.329 e. The third-order valence-electron chi connectivity index (χ3n) is 6.29. The van der Waals surface area contributed by atoms with Crippen LogP contribution in [0.1, 0.15) is 31.4 Å². The van der Waals surface area contributed by atoms with Gasteiger partial charge in [-0.1, -0.05) is 6.92 Å². The van der Waals surface area contributed by atoms with Crippen molar-refractivity contribution in [2.45, 2.75) is 39.3 Å². The van der Waals surface area contributed by atoms with E-state index < -0.39 is 0 Å². The molecular formula is C19H28N8O2. The highest BCUT2D eigenvalue weighted by Gasteiger charge is 2.40. The Bertz CT molecular complexity index is 843. The molecule has 0 aliphatic carbocycles. The molecule has 2 saturated heterocycles. The van der Waals surface area contributed by atoms with Gasteiger partial charge in [0.2, 0.25) is 0 Å². The lowest BCUT2D eigenvalue weighted by Crippen LogP contribution is -2.50. The molecule has 0 spiro atoms. The fraction of sp³-hybridized carbons (Fsp3) is 0.684. The van der Waals surface area contributed by atoms with E-state index in [1.165, 1.54) is 0 Å². The lowest BCUT2D eigenvalue weighted by molar-refractivity contribution is 0.0459. The molecule has 1 aromatic rings. The van der Waals surface area contributed by atoms with Crippen LogP contribution in [0.4, 0.5) is 4.79 Å². The highest BCUT2D eigenvalue weighted by Crippen LogP contribution is 2.30. The van der Waals surface area contributed by atoms with E-state index in [-0.39, 0.29) is 11.9 Å². The molecule has 0 bridgehead atoms. The smallest absolute Gasteiger partial charge is 0.329 e. The Balaban J connectivity index is 1.29. The monoisotopic (exact) mass is 400 g/mol. The minimum Gasteiger partial charge on any atom is -0.381 e. The van der Waals surface area contributed by atoms with Crippen LogP contribution in [0.15, 0.2) is 17.0 Å². The van der Waals surface area contributed by atoms with Gasteiger partial charge < -0.3 is 9.64 Å². The van der Waals surface area contributed by atoms with Crippen molar-refractivity contribution in [3.63, 3.8) is 0 Å². The first kappa shape index (κ1) is 18.6. The first-order valence-corrected chi connectivity index (χ1v) is 10.4. The molecule has 29 heavy (non-hydrogen) atoms. The van der Waals surface area contributed by atoms with Crippen molar-refractivity contribution in [2.75, 3.05) is 33.0 Å². The van der Waals surface area contributed by atoms with E-state index in [4.69, 9.17) is 9.73 Å². The van der Waals surface area contributed by atoms with Crippen molar-refractivity contribution in [1.29, 1.82) is 0 Å². The zero-order chi connectivity index (χ0) is 20.0. The number of hydrogen-bond acceptors (Lipinski definition) is 7. The molecule has 1 aromatic heterocycles. The summed E-state index contributed by atoms with van der Waals surface area (Å²) in [7, 11) is 0. The predicted octanol–water partition coefficient (Wildman–Crippen LogP) is 0.856. The Morgan fingerprint density at radius 1 is 1.28 bits per heavy atom. The molecule has 4 aliphatic rings. The van der Waals surface area contributed by atoms with E-state index in [2.05, 4.69) is 37.2 Å². The second-order valence-corrected chi connectivity index (χ2v) is 8.46. The molecule has 2 unspecified atom stereocenters. The Morgan fingerprint density at radius 2 is 2.10 bits per heavy atom. The predicted molar refractivity (Wildman–Crippen MR) is 105 cm³/mol. The average molecular weight is 400 g/mol. The van der Waals surface area contributed by atoms with Crippen LogP contribution in [0, 0.1) is 18.8 Å². The number of amides is 2. The SMILES string of the molecule is Cc1nc(CN2CC(C)C(C3=NC4=CN(C5CCOCC5)CN4C(=O)N3)C2)n[nH]1. The number of nitrogens with zero attached hydrogens (tertiary/aromatic N) is 6. The zero-order valence-corrected chi connectivity index (χ0v) is 17.0. The molecule has 2 atom stereocenters. The normalized spacial score (nSPS) is 28.4. The average Bonchev–Trinajstić information content (AvgIpc) is 3.41. The van der Waals surface area contributed by atoms with Gasteiger partial charge in [-0.3, -0.25) is 20.2 Å². The van der Waals surface area contributed by atoms with E-state index in [1.54, 1.807) is 4.90 Å². The molecule has 2 N–H and O–H groups in total.